The Labute approximate surface area is 121 Å². The van der Waals surface area contributed by atoms with Crippen molar-refractivity contribution in [3.05, 3.63) is 35.4 Å². The van der Waals surface area contributed by atoms with Gasteiger partial charge in [-0.3, -0.25) is 4.79 Å². The molecular weight excluding hydrogens is 252 g/mol. The van der Waals surface area contributed by atoms with E-state index in [1.165, 1.54) is 5.56 Å². The average Bonchev–Trinajstić information content (AvgIpc) is 2.39. The van der Waals surface area contributed by atoms with Gasteiger partial charge in [0, 0.05) is 18.6 Å². The lowest BCUT2D eigenvalue weighted by Gasteiger charge is -2.22. The van der Waals surface area contributed by atoms with E-state index in [9.17, 15) is 4.79 Å². The monoisotopic (exact) mass is 278 g/mol. The lowest BCUT2D eigenvalue weighted by Crippen LogP contribution is -2.40. The third-order valence-corrected chi connectivity index (χ3v) is 3.27. The lowest BCUT2D eigenvalue weighted by molar-refractivity contribution is -0.121. The molecule has 1 aromatic carbocycles. The molecule has 112 valence electrons. The summed E-state index contributed by atoms with van der Waals surface area (Å²) in [6.07, 6.45) is 0. The summed E-state index contributed by atoms with van der Waals surface area (Å²) in [6, 6.07) is 8.14. The van der Waals surface area contributed by atoms with Crippen molar-refractivity contribution in [2.75, 3.05) is 19.7 Å². The van der Waals surface area contributed by atoms with E-state index in [-0.39, 0.29) is 30.5 Å². The molecule has 0 aromatic heterocycles. The summed E-state index contributed by atoms with van der Waals surface area (Å²) in [5.41, 5.74) is 2.10. The number of benzene rings is 1. The third-order valence-electron chi connectivity index (χ3n) is 3.27. The number of carbonyl (C=O) groups excluding carboxylic acids is 1. The molecule has 0 fully saturated rings. The number of carbonyl (C=O) groups is 1. The Morgan fingerprint density at radius 1 is 1.30 bits per heavy atom. The molecule has 4 heteroatoms. The molecule has 0 saturated heterocycles. The number of hydrogen-bond acceptors (Lipinski definition) is 3. The van der Waals surface area contributed by atoms with Crippen molar-refractivity contribution in [2.24, 2.45) is 5.41 Å². The molecule has 20 heavy (non-hydrogen) atoms. The summed E-state index contributed by atoms with van der Waals surface area (Å²) in [7, 11) is 0. The first-order chi connectivity index (χ1) is 9.34. The highest BCUT2D eigenvalue weighted by Gasteiger charge is 2.16. The maximum absolute atomic E-state index is 11.8. The predicted octanol–water partition coefficient (Wildman–Crippen LogP) is 1.78. The van der Waals surface area contributed by atoms with Crippen LogP contribution in [0.1, 0.15) is 37.9 Å². The fourth-order valence-electron chi connectivity index (χ4n) is 1.80. The van der Waals surface area contributed by atoms with Gasteiger partial charge in [-0.25, -0.2) is 0 Å². The Bertz CT molecular complexity index is 427. The Morgan fingerprint density at radius 2 is 1.90 bits per heavy atom. The molecule has 1 atom stereocenters. The van der Waals surface area contributed by atoms with E-state index in [1.54, 1.807) is 0 Å². The molecule has 0 aliphatic carbocycles. The molecule has 1 amide bonds. The smallest absolute Gasteiger partial charge is 0.234 e. The minimum atomic E-state index is -0.206. The Hall–Kier alpha value is -1.39. The Morgan fingerprint density at radius 3 is 2.45 bits per heavy atom. The molecule has 4 nitrogen and oxygen atoms in total. The van der Waals surface area contributed by atoms with Gasteiger partial charge in [-0.05, 0) is 19.4 Å². The highest BCUT2D eigenvalue weighted by atomic mass is 16.3. The van der Waals surface area contributed by atoms with Crippen molar-refractivity contribution in [1.29, 1.82) is 0 Å². The van der Waals surface area contributed by atoms with Crippen molar-refractivity contribution >= 4 is 5.91 Å². The van der Waals surface area contributed by atoms with Crippen LogP contribution in [-0.4, -0.2) is 30.7 Å². The van der Waals surface area contributed by atoms with Crippen LogP contribution < -0.4 is 10.6 Å². The zero-order valence-corrected chi connectivity index (χ0v) is 12.9. The van der Waals surface area contributed by atoms with Crippen LogP contribution in [0.4, 0.5) is 0 Å². The van der Waals surface area contributed by atoms with Gasteiger partial charge in [-0.1, -0.05) is 43.7 Å². The zero-order valence-electron chi connectivity index (χ0n) is 12.9. The number of nitrogens with one attached hydrogen (secondary N) is 2. The van der Waals surface area contributed by atoms with E-state index >= 15 is 0 Å². The van der Waals surface area contributed by atoms with E-state index in [4.69, 9.17) is 5.11 Å². The molecule has 1 rings (SSSR count). The van der Waals surface area contributed by atoms with E-state index in [1.807, 2.05) is 52.0 Å². The molecule has 0 radical (unpaired) electrons. The quantitative estimate of drug-likeness (QED) is 0.712. The van der Waals surface area contributed by atoms with Crippen molar-refractivity contribution in [3.63, 3.8) is 0 Å². The Kier molecular flexibility index (Phi) is 6.17. The summed E-state index contributed by atoms with van der Waals surface area (Å²) >= 11 is 0. The molecule has 0 aliphatic rings. The first-order valence-corrected chi connectivity index (χ1v) is 7.01. The van der Waals surface area contributed by atoms with Crippen molar-refractivity contribution in [1.82, 2.24) is 10.6 Å². The second-order valence-electron chi connectivity index (χ2n) is 6.13. The second-order valence-corrected chi connectivity index (χ2v) is 6.13. The van der Waals surface area contributed by atoms with Gasteiger partial charge in [0.25, 0.3) is 0 Å². The topological polar surface area (TPSA) is 61.4 Å². The highest BCUT2D eigenvalue weighted by Crippen LogP contribution is 2.13. The number of rotatable bonds is 7. The van der Waals surface area contributed by atoms with Crippen LogP contribution in [0.15, 0.2) is 24.3 Å². The molecule has 0 aliphatic heterocycles. The molecule has 0 heterocycles. The van der Waals surface area contributed by atoms with E-state index in [0.29, 0.717) is 6.54 Å². The van der Waals surface area contributed by atoms with Gasteiger partial charge in [0.1, 0.15) is 0 Å². The number of aliphatic hydroxyl groups is 1. The lowest BCUT2D eigenvalue weighted by atomic mass is 9.95. The molecule has 0 spiro atoms. The third kappa shape index (κ3) is 5.72. The molecule has 3 N–H and O–H groups in total. The van der Waals surface area contributed by atoms with Gasteiger partial charge in [0.05, 0.1) is 12.6 Å². The van der Waals surface area contributed by atoms with Crippen LogP contribution in [0.25, 0.3) is 0 Å². The van der Waals surface area contributed by atoms with Crippen LogP contribution in [-0.2, 0) is 4.79 Å². The first kappa shape index (κ1) is 16.7. The van der Waals surface area contributed by atoms with Gasteiger partial charge >= 0.3 is 0 Å². The summed E-state index contributed by atoms with van der Waals surface area (Å²) < 4.78 is 0. The number of amides is 1. The summed E-state index contributed by atoms with van der Waals surface area (Å²) in [5.74, 6) is -0.0354. The SMILES string of the molecule is Cc1ccc(C(C)NC(=O)CNCC(C)(C)CO)cc1. The van der Waals surface area contributed by atoms with Crippen LogP contribution in [0, 0.1) is 12.3 Å². The first-order valence-electron chi connectivity index (χ1n) is 7.01. The fraction of sp³-hybridized carbons (Fsp3) is 0.562. The largest absolute Gasteiger partial charge is 0.396 e. The van der Waals surface area contributed by atoms with Gasteiger partial charge in [-0.15, -0.1) is 0 Å². The molecular formula is C16H26N2O2. The predicted molar refractivity (Wildman–Crippen MR) is 81.5 cm³/mol. The minimum absolute atomic E-state index is 0.00393. The summed E-state index contributed by atoms with van der Waals surface area (Å²) in [4.78, 5) is 11.8. The van der Waals surface area contributed by atoms with Gasteiger partial charge in [-0.2, -0.15) is 0 Å². The van der Waals surface area contributed by atoms with Crippen molar-refractivity contribution in [3.8, 4) is 0 Å². The highest BCUT2D eigenvalue weighted by molar-refractivity contribution is 5.78. The van der Waals surface area contributed by atoms with Crippen molar-refractivity contribution in [2.45, 2.75) is 33.7 Å². The van der Waals surface area contributed by atoms with Crippen LogP contribution >= 0.6 is 0 Å². The zero-order chi connectivity index (χ0) is 15.2. The number of aliphatic hydroxyl groups excluding tert-OH is 1. The van der Waals surface area contributed by atoms with Crippen molar-refractivity contribution < 1.29 is 9.90 Å². The van der Waals surface area contributed by atoms with Gasteiger partial charge < -0.3 is 15.7 Å². The molecule has 0 bridgehead atoms. The average molecular weight is 278 g/mol. The molecule has 0 saturated carbocycles. The van der Waals surface area contributed by atoms with E-state index in [2.05, 4.69) is 10.6 Å². The maximum Gasteiger partial charge on any atom is 0.234 e. The number of hydrogen-bond donors (Lipinski definition) is 3. The normalized spacial score (nSPS) is 13.1. The van der Waals surface area contributed by atoms with Gasteiger partial charge in [0.15, 0.2) is 0 Å². The molecule has 1 unspecified atom stereocenters. The standard InChI is InChI=1S/C16H26N2O2/c1-12-5-7-14(8-6-12)13(2)18-15(20)9-17-10-16(3,4)11-19/h5-8,13,17,19H,9-11H2,1-4H3,(H,18,20). The minimum Gasteiger partial charge on any atom is -0.396 e. The number of aryl methyl sites for hydroxylation is 1. The summed E-state index contributed by atoms with van der Waals surface area (Å²) in [6.45, 7) is 8.89. The maximum atomic E-state index is 11.8. The van der Waals surface area contributed by atoms with Gasteiger partial charge in [0.2, 0.25) is 5.91 Å². The van der Waals surface area contributed by atoms with E-state index in [0.717, 1.165) is 5.56 Å². The Balaban J connectivity index is 2.37. The van der Waals surface area contributed by atoms with Crippen LogP contribution in [0.3, 0.4) is 0 Å². The van der Waals surface area contributed by atoms with Crippen LogP contribution in [0.5, 0.6) is 0 Å². The summed E-state index contributed by atoms with van der Waals surface area (Å²) in [5, 5.41) is 15.2. The van der Waals surface area contributed by atoms with Crippen LogP contribution in [0.2, 0.25) is 0 Å². The molecule has 1 aromatic rings. The fourth-order valence-corrected chi connectivity index (χ4v) is 1.80. The van der Waals surface area contributed by atoms with E-state index < -0.39 is 0 Å². The second kappa shape index (κ2) is 7.41.